The highest BCUT2D eigenvalue weighted by Crippen LogP contribution is 2.18. The van der Waals surface area contributed by atoms with Crippen molar-refractivity contribution in [2.45, 2.75) is 26.4 Å². The number of rotatable bonds is 7. The number of nitrogens with one attached hydrogen (secondary N) is 1. The summed E-state index contributed by atoms with van der Waals surface area (Å²) in [5.74, 6) is -0.738. The highest BCUT2D eigenvalue weighted by atomic mass is 19.1. The Labute approximate surface area is 112 Å². The first kappa shape index (κ1) is 15.4. The standard InChI is InChI=1S/C14H20FNO3/c1-3-12(14(18)16-8-10(2)9-17)19-13-7-5-4-6-11(13)15/h4-7,10,12,17H,3,8-9H2,1-2H3,(H,16,18). The second-order valence-electron chi connectivity index (χ2n) is 4.48. The van der Waals surface area contributed by atoms with Gasteiger partial charge in [-0.05, 0) is 24.5 Å². The van der Waals surface area contributed by atoms with Crippen molar-refractivity contribution in [1.82, 2.24) is 5.32 Å². The molecular weight excluding hydrogens is 249 g/mol. The van der Waals surface area contributed by atoms with Crippen molar-refractivity contribution < 1.29 is 19.0 Å². The minimum atomic E-state index is -0.734. The summed E-state index contributed by atoms with van der Waals surface area (Å²) < 4.78 is 18.8. The molecule has 0 spiro atoms. The Morgan fingerprint density at radius 1 is 1.47 bits per heavy atom. The molecule has 1 rings (SSSR count). The summed E-state index contributed by atoms with van der Waals surface area (Å²) in [6.45, 7) is 3.98. The topological polar surface area (TPSA) is 58.6 Å². The quantitative estimate of drug-likeness (QED) is 0.792. The smallest absolute Gasteiger partial charge is 0.261 e. The van der Waals surface area contributed by atoms with Gasteiger partial charge in [0.2, 0.25) is 0 Å². The van der Waals surface area contributed by atoms with E-state index < -0.39 is 11.9 Å². The number of hydrogen-bond donors (Lipinski definition) is 2. The fraction of sp³-hybridized carbons (Fsp3) is 0.500. The zero-order valence-corrected chi connectivity index (χ0v) is 11.2. The van der Waals surface area contributed by atoms with Crippen molar-refractivity contribution in [2.75, 3.05) is 13.2 Å². The van der Waals surface area contributed by atoms with Gasteiger partial charge in [0.25, 0.3) is 5.91 Å². The van der Waals surface area contributed by atoms with Crippen molar-refractivity contribution in [2.24, 2.45) is 5.92 Å². The fourth-order valence-corrected chi connectivity index (χ4v) is 1.47. The van der Waals surface area contributed by atoms with Crippen LogP contribution < -0.4 is 10.1 Å². The van der Waals surface area contributed by atoms with Crippen LogP contribution in [0.2, 0.25) is 0 Å². The molecule has 0 saturated carbocycles. The lowest BCUT2D eigenvalue weighted by Crippen LogP contribution is -2.40. The summed E-state index contributed by atoms with van der Waals surface area (Å²) >= 11 is 0. The number of ether oxygens (including phenoxy) is 1. The van der Waals surface area contributed by atoms with Gasteiger partial charge in [-0.2, -0.15) is 0 Å². The van der Waals surface area contributed by atoms with Crippen LogP contribution in [0.3, 0.4) is 0 Å². The van der Waals surface area contributed by atoms with Crippen molar-refractivity contribution in [3.8, 4) is 5.75 Å². The van der Waals surface area contributed by atoms with E-state index >= 15 is 0 Å². The summed E-state index contributed by atoms with van der Waals surface area (Å²) in [5.41, 5.74) is 0. The summed E-state index contributed by atoms with van der Waals surface area (Å²) in [6.07, 6.45) is -0.295. The third-order valence-corrected chi connectivity index (χ3v) is 2.71. The van der Waals surface area contributed by atoms with Gasteiger partial charge in [-0.25, -0.2) is 4.39 Å². The van der Waals surface area contributed by atoms with Crippen molar-refractivity contribution >= 4 is 5.91 Å². The molecule has 2 unspecified atom stereocenters. The number of benzene rings is 1. The zero-order valence-electron chi connectivity index (χ0n) is 11.2. The van der Waals surface area contributed by atoms with Crippen molar-refractivity contribution in [3.05, 3.63) is 30.1 Å². The summed E-state index contributed by atoms with van der Waals surface area (Å²) in [5, 5.41) is 11.6. The average molecular weight is 269 g/mol. The molecule has 0 saturated heterocycles. The lowest BCUT2D eigenvalue weighted by atomic mass is 10.2. The van der Waals surface area contributed by atoms with Crippen LogP contribution in [0.15, 0.2) is 24.3 Å². The lowest BCUT2D eigenvalue weighted by molar-refractivity contribution is -0.128. The third-order valence-electron chi connectivity index (χ3n) is 2.71. The number of halogens is 1. The van der Waals surface area contributed by atoms with Gasteiger partial charge in [0.1, 0.15) is 0 Å². The van der Waals surface area contributed by atoms with Crippen LogP contribution in [0.1, 0.15) is 20.3 Å². The third kappa shape index (κ3) is 4.87. The molecule has 1 aromatic carbocycles. The Hall–Kier alpha value is -1.62. The highest BCUT2D eigenvalue weighted by molar-refractivity contribution is 5.81. The Bertz CT molecular complexity index is 411. The molecule has 0 bridgehead atoms. The maximum Gasteiger partial charge on any atom is 0.261 e. The molecule has 1 amide bonds. The largest absolute Gasteiger partial charge is 0.478 e. The van der Waals surface area contributed by atoms with E-state index in [9.17, 15) is 9.18 Å². The van der Waals surface area contributed by atoms with Crippen molar-refractivity contribution in [1.29, 1.82) is 0 Å². The van der Waals surface area contributed by atoms with E-state index in [1.807, 2.05) is 6.92 Å². The monoisotopic (exact) mass is 269 g/mol. The van der Waals surface area contributed by atoms with Crippen LogP contribution in [0.25, 0.3) is 0 Å². The van der Waals surface area contributed by atoms with Crippen LogP contribution in [0, 0.1) is 11.7 Å². The number of hydrogen-bond acceptors (Lipinski definition) is 3. The summed E-state index contributed by atoms with van der Waals surface area (Å²) in [7, 11) is 0. The Kier molecular flexibility index (Phi) is 6.29. The van der Waals surface area contributed by atoms with E-state index in [1.54, 1.807) is 19.1 Å². The molecule has 4 nitrogen and oxygen atoms in total. The van der Waals surface area contributed by atoms with E-state index in [1.165, 1.54) is 12.1 Å². The normalized spacial score (nSPS) is 13.7. The molecule has 2 N–H and O–H groups in total. The Morgan fingerprint density at radius 2 is 2.16 bits per heavy atom. The van der Waals surface area contributed by atoms with E-state index in [2.05, 4.69) is 5.32 Å². The molecule has 0 radical (unpaired) electrons. The van der Waals surface area contributed by atoms with Gasteiger partial charge in [0, 0.05) is 13.2 Å². The molecule has 0 fully saturated rings. The molecular formula is C14H20FNO3. The Balaban J connectivity index is 2.58. The summed E-state index contributed by atoms with van der Waals surface area (Å²) in [6, 6.07) is 5.98. The predicted molar refractivity (Wildman–Crippen MR) is 70.4 cm³/mol. The minimum Gasteiger partial charge on any atom is -0.478 e. The van der Waals surface area contributed by atoms with Gasteiger partial charge in [-0.1, -0.05) is 26.0 Å². The highest BCUT2D eigenvalue weighted by Gasteiger charge is 2.19. The van der Waals surface area contributed by atoms with Crippen LogP contribution in [0.5, 0.6) is 5.75 Å². The molecule has 5 heteroatoms. The zero-order chi connectivity index (χ0) is 14.3. The lowest BCUT2D eigenvalue weighted by Gasteiger charge is -2.18. The number of amides is 1. The van der Waals surface area contributed by atoms with Crippen LogP contribution >= 0.6 is 0 Å². The Morgan fingerprint density at radius 3 is 2.74 bits per heavy atom. The molecule has 0 aliphatic heterocycles. The maximum absolute atomic E-state index is 13.4. The van der Waals surface area contributed by atoms with Gasteiger partial charge in [0.15, 0.2) is 17.7 Å². The number of carbonyl (C=O) groups is 1. The first-order valence-corrected chi connectivity index (χ1v) is 6.38. The van der Waals surface area contributed by atoms with Gasteiger partial charge in [-0.15, -0.1) is 0 Å². The number of aliphatic hydroxyl groups excluding tert-OH is 1. The number of para-hydroxylation sites is 1. The van der Waals surface area contributed by atoms with Crippen LogP contribution in [0.4, 0.5) is 4.39 Å². The molecule has 0 aromatic heterocycles. The van der Waals surface area contributed by atoms with Crippen LogP contribution in [-0.4, -0.2) is 30.3 Å². The molecule has 0 heterocycles. The minimum absolute atomic E-state index is 0.00520. The van der Waals surface area contributed by atoms with Crippen LogP contribution in [-0.2, 0) is 4.79 Å². The molecule has 106 valence electrons. The second kappa shape index (κ2) is 7.74. The van der Waals surface area contributed by atoms with E-state index in [0.717, 1.165) is 0 Å². The number of carbonyl (C=O) groups excluding carboxylic acids is 1. The van der Waals surface area contributed by atoms with E-state index in [0.29, 0.717) is 13.0 Å². The molecule has 2 atom stereocenters. The SMILES string of the molecule is CCC(Oc1ccccc1F)C(=O)NCC(C)CO. The molecule has 19 heavy (non-hydrogen) atoms. The van der Waals surface area contributed by atoms with Gasteiger partial charge < -0.3 is 15.2 Å². The average Bonchev–Trinajstić information content (AvgIpc) is 2.43. The maximum atomic E-state index is 13.4. The number of aliphatic hydroxyl groups is 1. The summed E-state index contributed by atoms with van der Waals surface area (Å²) in [4.78, 5) is 11.9. The first-order chi connectivity index (χ1) is 9.08. The fourth-order valence-electron chi connectivity index (χ4n) is 1.47. The van der Waals surface area contributed by atoms with E-state index in [4.69, 9.17) is 9.84 Å². The van der Waals surface area contributed by atoms with E-state index in [-0.39, 0.29) is 24.2 Å². The van der Waals surface area contributed by atoms with Gasteiger partial charge in [-0.3, -0.25) is 4.79 Å². The van der Waals surface area contributed by atoms with Gasteiger partial charge >= 0.3 is 0 Å². The first-order valence-electron chi connectivity index (χ1n) is 6.38. The molecule has 0 aliphatic rings. The molecule has 1 aromatic rings. The van der Waals surface area contributed by atoms with Crippen molar-refractivity contribution in [3.63, 3.8) is 0 Å². The predicted octanol–water partition coefficient (Wildman–Crippen LogP) is 1.73. The van der Waals surface area contributed by atoms with Gasteiger partial charge in [0.05, 0.1) is 0 Å². The molecule has 0 aliphatic carbocycles. The second-order valence-corrected chi connectivity index (χ2v) is 4.48.